The van der Waals surface area contributed by atoms with Crippen molar-refractivity contribution in [2.75, 3.05) is 0 Å². The van der Waals surface area contributed by atoms with Gasteiger partial charge in [-0.15, -0.1) is 0 Å². The molecule has 2 aromatic rings. The number of benzene rings is 2. The van der Waals surface area contributed by atoms with Crippen molar-refractivity contribution in [3.05, 3.63) is 71.3 Å². The summed E-state index contributed by atoms with van der Waals surface area (Å²) in [7, 11) is 0. The van der Waals surface area contributed by atoms with Crippen LogP contribution in [0.2, 0.25) is 0 Å². The largest absolute Gasteiger partial charge is 0.300 e. The van der Waals surface area contributed by atoms with E-state index in [0.717, 1.165) is 5.56 Å². The van der Waals surface area contributed by atoms with Crippen LogP contribution in [0.25, 0.3) is 0 Å². The first-order valence-corrected chi connectivity index (χ1v) is 6.14. The van der Waals surface area contributed by atoms with Crippen LogP contribution in [0.15, 0.2) is 54.6 Å². The number of hydrogen-bond acceptors (Lipinski definition) is 1. The van der Waals surface area contributed by atoms with Gasteiger partial charge in [0.05, 0.1) is 0 Å². The first-order valence-electron chi connectivity index (χ1n) is 6.14. The second-order valence-corrected chi connectivity index (χ2v) is 4.52. The summed E-state index contributed by atoms with van der Waals surface area (Å²) in [6.45, 7) is 5.73. The Labute approximate surface area is 109 Å². The van der Waals surface area contributed by atoms with Gasteiger partial charge in [-0.1, -0.05) is 65.7 Å². The molecule has 2 aromatic carbocycles. The topological polar surface area (TPSA) is 17.1 Å². The molecule has 1 heteroatoms. The molecule has 2 rings (SSSR count). The lowest BCUT2D eigenvalue weighted by molar-refractivity contribution is -0.116. The number of ketones is 1. The number of hydrogen-bond donors (Lipinski definition) is 0. The minimum Gasteiger partial charge on any atom is -0.300 e. The zero-order valence-corrected chi connectivity index (χ0v) is 11.3. The van der Waals surface area contributed by atoms with Crippen LogP contribution in [0.4, 0.5) is 0 Å². The Balaban J connectivity index is 0.000000199. The monoisotopic (exact) mass is 240 g/mol. The molecule has 0 aliphatic heterocycles. The van der Waals surface area contributed by atoms with Gasteiger partial charge in [0.25, 0.3) is 0 Å². The molecule has 0 aliphatic rings. The van der Waals surface area contributed by atoms with Crippen molar-refractivity contribution in [1.82, 2.24) is 0 Å². The SMILES string of the molecule is CC(=O)Cc1ccc(C)cc1.Cc1ccccc1. The van der Waals surface area contributed by atoms with Crippen LogP contribution >= 0.6 is 0 Å². The van der Waals surface area contributed by atoms with Gasteiger partial charge in [0.15, 0.2) is 0 Å². The van der Waals surface area contributed by atoms with Crippen LogP contribution in [0.1, 0.15) is 23.6 Å². The summed E-state index contributed by atoms with van der Waals surface area (Å²) < 4.78 is 0. The third-order valence-corrected chi connectivity index (χ3v) is 2.51. The van der Waals surface area contributed by atoms with Gasteiger partial charge in [-0.2, -0.15) is 0 Å². The lowest BCUT2D eigenvalue weighted by atomic mass is 10.1. The van der Waals surface area contributed by atoms with E-state index in [1.54, 1.807) is 6.92 Å². The molecule has 0 atom stereocenters. The fourth-order valence-corrected chi connectivity index (χ4v) is 1.53. The minimum atomic E-state index is 0.217. The molecule has 0 radical (unpaired) electrons. The van der Waals surface area contributed by atoms with Crippen LogP contribution in [0.5, 0.6) is 0 Å². The van der Waals surface area contributed by atoms with Crippen LogP contribution in [0, 0.1) is 13.8 Å². The first kappa shape index (κ1) is 14.2. The summed E-state index contributed by atoms with van der Waals surface area (Å²) in [6, 6.07) is 18.3. The van der Waals surface area contributed by atoms with Crippen LogP contribution in [-0.4, -0.2) is 5.78 Å². The second-order valence-electron chi connectivity index (χ2n) is 4.52. The molecule has 0 N–H and O–H groups in total. The van der Waals surface area contributed by atoms with Gasteiger partial charge in [0.1, 0.15) is 5.78 Å². The summed E-state index contributed by atoms with van der Waals surface area (Å²) >= 11 is 0. The predicted molar refractivity (Wildman–Crippen MR) is 76.7 cm³/mol. The zero-order chi connectivity index (χ0) is 13.4. The van der Waals surface area contributed by atoms with E-state index in [2.05, 4.69) is 19.1 Å². The van der Waals surface area contributed by atoms with Crippen molar-refractivity contribution in [1.29, 1.82) is 0 Å². The molecule has 1 nitrogen and oxygen atoms in total. The van der Waals surface area contributed by atoms with Crippen molar-refractivity contribution in [3.63, 3.8) is 0 Å². The normalized spacial score (nSPS) is 9.28. The molecule has 0 aliphatic carbocycles. The average Bonchev–Trinajstić information content (AvgIpc) is 2.33. The van der Waals surface area contributed by atoms with Gasteiger partial charge in [0.2, 0.25) is 0 Å². The third kappa shape index (κ3) is 6.00. The molecule has 0 fully saturated rings. The Bertz CT molecular complexity index is 469. The highest BCUT2D eigenvalue weighted by molar-refractivity contribution is 5.78. The maximum Gasteiger partial charge on any atom is 0.134 e. The maximum atomic E-state index is 10.7. The Morgan fingerprint density at radius 3 is 1.72 bits per heavy atom. The molecule has 0 bridgehead atoms. The maximum absolute atomic E-state index is 10.7. The molecule has 0 aromatic heterocycles. The van der Waals surface area contributed by atoms with Crippen LogP contribution in [0.3, 0.4) is 0 Å². The molecular formula is C17H20O. The molecule has 0 unspecified atom stereocenters. The minimum absolute atomic E-state index is 0.217. The second kappa shape index (κ2) is 7.44. The van der Waals surface area contributed by atoms with Gasteiger partial charge < -0.3 is 0 Å². The molecule has 18 heavy (non-hydrogen) atoms. The van der Waals surface area contributed by atoms with Crippen molar-refractivity contribution in [2.24, 2.45) is 0 Å². The van der Waals surface area contributed by atoms with Crippen molar-refractivity contribution >= 4 is 5.78 Å². The van der Waals surface area contributed by atoms with Gasteiger partial charge in [-0.25, -0.2) is 0 Å². The molecule has 94 valence electrons. The summed E-state index contributed by atoms with van der Waals surface area (Å²) in [5.41, 5.74) is 3.66. The van der Waals surface area contributed by atoms with E-state index < -0.39 is 0 Å². The van der Waals surface area contributed by atoms with Gasteiger partial charge in [-0.05, 0) is 26.3 Å². The van der Waals surface area contributed by atoms with E-state index in [1.807, 2.05) is 49.4 Å². The Kier molecular flexibility index (Phi) is 5.86. The molecular weight excluding hydrogens is 220 g/mol. The smallest absolute Gasteiger partial charge is 0.134 e. The van der Waals surface area contributed by atoms with Crippen LogP contribution in [-0.2, 0) is 11.2 Å². The van der Waals surface area contributed by atoms with Crippen molar-refractivity contribution in [2.45, 2.75) is 27.2 Å². The summed E-state index contributed by atoms with van der Waals surface area (Å²) in [6.07, 6.45) is 0.556. The Morgan fingerprint density at radius 2 is 1.33 bits per heavy atom. The molecule has 0 amide bonds. The highest BCUT2D eigenvalue weighted by Crippen LogP contribution is 2.03. The first-order chi connectivity index (χ1) is 8.58. The van der Waals surface area contributed by atoms with Gasteiger partial charge >= 0.3 is 0 Å². The Hall–Kier alpha value is -1.89. The van der Waals surface area contributed by atoms with E-state index in [1.165, 1.54) is 11.1 Å². The highest BCUT2D eigenvalue weighted by Gasteiger charge is 1.95. The van der Waals surface area contributed by atoms with E-state index in [-0.39, 0.29) is 5.78 Å². The highest BCUT2D eigenvalue weighted by atomic mass is 16.1. The quantitative estimate of drug-likeness (QED) is 0.771. The lowest BCUT2D eigenvalue weighted by Crippen LogP contribution is -1.95. The summed E-state index contributed by atoms with van der Waals surface area (Å²) in [5.74, 6) is 0.217. The van der Waals surface area contributed by atoms with Gasteiger partial charge in [0, 0.05) is 6.42 Å². The standard InChI is InChI=1S/C10H12O.C7H8/c1-8-3-5-10(6-4-8)7-9(2)11;1-7-5-3-2-4-6-7/h3-6H,7H2,1-2H3;2-6H,1H3. The molecule has 0 saturated heterocycles. The number of carbonyl (C=O) groups is 1. The number of aryl methyl sites for hydroxylation is 2. The fourth-order valence-electron chi connectivity index (χ4n) is 1.53. The van der Waals surface area contributed by atoms with E-state index >= 15 is 0 Å². The Morgan fingerprint density at radius 1 is 0.833 bits per heavy atom. The third-order valence-electron chi connectivity index (χ3n) is 2.51. The number of Topliss-reactive ketones (excluding diaryl/α,β-unsaturated/α-hetero) is 1. The molecule has 0 spiro atoms. The van der Waals surface area contributed by atoms with Crippen molar-refractivity contribution in [3.8, 4) is 0 Å². The average molecular weight is 240 g/mol. The van der Waals surface area contributed by atoms with E-state index in [4.69, 9.17) is 0 Å². The van der Waals surface area contributed by atoms with E-state index in [9.17, 15) is 4.79 Å². The zero-order valence-electron chi connectivity index (χ0n) is 11.3. The van der Waals surface area contributed by atoms with Crippen LogP contribution < -0.4 is 0 Å². The van der Waals surface area contributed by atoms with E-state index in [0.29, 0.717) is 6.42 Å². The number of rotatable bonds is 2. The summed E-state index contributed by atoms with van der Waals surface area (Å²) in [5, 5.41) is 0. The van der Waals surface area contributed by atoms with Crippen molar-refractivity contribution < 1.29 is 4.79 Å². The lowest BCUT2D eigenvalue weighted by Gasteiger charge is -1.96. The van der Waals surface area contributed by atoms with Gasteiger partial charge in [-0.3, -0.25) is 4.79 Å². The number of carbonyl (C=O) groups excluding carboxylic acids is 1. The fraction of sp³-hybridized carbons (Fsp3) is 0.235. The predicted octanol–water partition coefficient (Wildman–Crippen LogP) is 4.12. The summed E-state index contributed by atoms with van der Waals surface area (Å²) in [4.78, 5) is 10.7. The molecule has 0 heterocycles. The molecule has 0 saturated carbocycles.